The van der Waals surface area contributed by atoms with Crippen LogP contribution >= 0.6 is 0 Å². The van der Waals surface area contributed by atoms with Gasteiger partial charge < -0.3 is 10.2 Å². The van der Waals surface area contributed by atoms with Gasteiger partial charge in [-0.1, -0.05) is 5.21 Å². The van der Waals surface area contributed by atoms with E-state index in [1.165, 1.54) is 0 Å². The normalized spacial score (nSPS) is 20.8. The van der Waals surface area contributed by atoms with Crippen LogP contribution in [-0.2, 0) is 11.3 Å². The minimum Gasteiger partial charge on any atom is -0.344 e. The summed E-state index contributed by atoms with van der Waals surface area (Å²) in [5, 5.41) is 11.5. The van der Waals surface area contributed by atoms with Crippen molar-refractivity contribution in [1.29, 1.82) is 0 Å². The van der Waals surface area contributed by atoms with E-state index in [0.29, 0.717) is 6.54 Å². The van der Waals surface area contributed by atoms with Gasteiger partial charge >= 0.3 is 0 Å². The van der Waals surface area contributed by atoms with Crippen LogP contribution in [0.2, 0.25) is 0 Å². The molecule has 18 heavy (non-hydrogen) atoms. The fraction of sp³-hybridized carbons (Fsp3) is 0.750. The number of hydrogen-bond donors (Lipinski definition) is 1. The summed E-state index contributed by atoms with van der Waals surface area (Å²) in [4.78, 5) is 13.6. The van der Waals surface area contributed by atoms with E-state index >= 15 is 0 Å². The van der Waals surface area contributed by atoms with E-state index in [4.69, 9.17) is 0 Å². The fourth-order valence-electron chi connectivity index (χ4n) is 1.95. The molecule has 0 aromatic carbocycles. The first-order valence-electron chi connectivity index (χ1n) is 6.27. The van der Waals surface area contributed by atoms with Crippen LogP contribution in [0.3, 0.4) is 0 Å². The average molecular weight is 251 g/mol. The number of aromatic nitrogens is 3. The number of likely N-dealkylation sites (tertiary alicyclic amines) is 1. The van der Waals surface area contributed by atoms with E-state index in [0.717, 1.165) is 18.7 Å². The molecule has 100 valence electrons. The van der Waals surface area contributed by atoms with Crippen LogP contribution in [-0.4, -0.2) is 44.9 Å². The SMILES string of the molecule is CN1CCC(n2cc(CNC(C)(C)C)nn2)C1=O. The predicted molar refractivity (Wildman–Crippen MR) is 67.9 cm³/mol. The lowest BCUT2D eigenvalue weighted by Crippen LogP contribution is -2.35. The number of nitrogens with one attached hydrogen (secondary N) is 1. The molecule has 0 bridgehead atoms. The molecular weight excluding hydrogens is 230 g/mol. The largest absolute Gasteiger partial charge is 0.344 e. The Labute approximate surface area is 107 Å². The maximum absolute atomic E-state index is 11.9. The molecule has 2 rings (SSSR count). The quantitative estimate of drug-likeness (QED) is 0.853. The highest BCUT2D eigenvalue weighted by molar-refractivity contribution is 5.82. The molecule has 1 aromatic heterocycles. The number of nitrogens with zero attached hydrogens (tertiary/aromatic N) is 4. The third-order valence-corrected chi connectivity index (χ3v) is 3.08. The van der Waals surface area contributed by atoms with Crippen LogP contribution in [0.5, 0.6) is 0 Å². The summed E-state index contributed by atoms with van der Waals surface area (Å²) in [7, 11) is 1.82. The number of carbonyl (C=O) groups excluding carboxylic acids is 1. The second-order valence-corrected chi connectivity index (χ2v) is 5.86. The molecule has 1 aromatic rings. The lowest BCUT2D eigenvalue weighted by molar-refractivity contribution is -0.129. The second-order valence-electron chi connectivity index (χ2n) is 5.86. The summed E-state index contributed by atoms with van der Waals surface area (Å²) in [6.45, 7) is 7.77. The predicted octanol–water partition coefficient (Wildman–Crippen LogP) is 0.569. The summed E-state index contributed by atoms with van der Waals surface area (Å²) in [5.74, 6) is 0.121. The van der Waals surface area contributed by atoms with Crippen molar-refractivity contribution in [3.63, 3.8) is 0 Å². The van der Waals surface area contributed by atoms with Gasteiger partial charge in [-0.3, -0.25) is 4.79 Å². The van der Waals surface area contributed by atoms with E-state index in [2.05, 4.69) is 36.4 Å². The van der Waals surface area contributed by atoms with Crippen molar-refractivity contribution in [2.75, 3.05) is 13.6 Å². The number of rotatable bonds is 3. The zero-order valence-electron chi connectivity index (χ0n) is 11.5. The van der Waals surface area contributed by atoms with Crippen LogP contribution in [0.25, 0.3) is 0 Å². The third-order valence-electron chi connectivity index (χ3n) is 3.08. The fourth-order valence-corrected chi connectivity index (χ4v) is 1.95. The van der Waals surface area contributed by atoms with Gasteiger partial charge in [0.2, 0.25) is 5.91 Å². The molecule has 0 aliphatic carbocycles. The summed E-state index contributed by atoms with van der Waals surface area (Å²) in [5.41, 5.74) is 0.917. The van der Waals surface area contributed by atoms with Gasteiger partial charge in [-0.2, -0.15) is 0 Å². The van der Waals surface area contributed by atoms with Crippen molar-refractivity contribution in [3.05, 3.63) is 11.9 Å². The van der Waals surface area contributed by atoms with Crippen molar-refractivity contribution < 1.29 is 4.79 Å². The standard InChI is InChI=1S/C12H21N5O/c1-12(2,3)13-7-9-8-17(15-14-9)10-5-6-16(4)11(10)18/h8,10,13H,5-7H2,1-4H3. The highest BCUT2D eigenvalue weighted by Crippen LogP contribution is 2.20. The van der Waals surface area contributed by atoms with Crippen LogP contribution in [0.15, 0.2) is 6.20 Å². The third kappa shape index (κ3) is 2.87. The molecule has 1 saturated heterocycles. The minimum atomic E-state index is -0.175. The average Bonchev–Trinajstić information content (AvgIpc) is 2.84. The van der Waals surface area contributed by atoms with E-state index in [9.17, 15) is 4.79 Å². The van der Waals surface area contributed by atoms with Crippen LogP contribution < -0.4 is 5.32 Å². The maximum atomic E-state index is 11.9. The lowest BCUT2D eigenvalue weighted by Gasteiger charge is -2.19. The number of likely N-dealkylation sites (N-methyl/N-ethyl adjacent to an activating group) is 1. The minimum absolute atomic E-state index is 0.0488. The molecule has 0 radical (unpaired) electrons. The molecule has 0 spiro atoms. The first-order chi connectivity index (χ1) is 8.37. The van der Waals surface area contributed by atoms with Gasteiger partial charge in [-0.25, -0.2) is 4.68 Å². The Balaban J connectivity index is 2.00. The maximum Gasteiger partial charge on any atom is 0.247 e. The van der Waals surface area contributed by atoms with Gasteiger partial charge in [0.25, 0.3) is 0 Å². The molecule has 1 fully saturated rings. The Morgan fingerprint density at radius 3 is 2.78 bits per heavy atom. The van der Waals surface area contributed by atoms with Crippen molar-refractivity contribution in [2.24, 2.45) is 0 Å². The van der Waals surface area contributed by atoms with Crippen molar-refractivity contribution in [2.45, 2.75) is 45.3 Å². The zero-order valence-corrected chi connectivity index (χ0v) is 11.5. The number of carbonyl (C=O) groups is 1. The molecule has 1 atom stereocenters. The molecule has 1 aliphatic rings. The number of hydrogen-bond acceptors (Lipinski definition) is 4. The highest BCUT2D eigenvalue weighted by atomic mass is 16.2. The van der Waals surface area contributed by atoms with Crippen molar-refractivity contribution >= 4 is 5.91 Å². The van der Waals surface area contributed by atoms with Gasteiger partial charge in [-0.05, 0) is 27.2 Å². The first-order valence-corrected chi connectivity index (χ1v) is 6.27. The lowest BCUT2D eigenvalue weighted by atomic mass is 10.1. The molecule has 1 unspecified atom stereocenters. The molecule has 0 saturated carbocycles. The van der Waals surface area contributed by atoms with Gasteiger partial charge in [0.1, 0.15) is 6.04 Å². The van der Waals surface area contributed by atoms with Gasteiger partial charge in [0.05, 0.1) is 11.9 Å². The van der Waals surface area contributed by atoms with Crippen molar-refractivity contribution in [3.8, 4) is 0 Å². The Morgan fingerprint density at radius 1 is 1.50 bits per heavy atom. The number of amides is 1. The van der Waals surface area contributed by atoms with E-state index < -0.39 is 0 Å². The molecule has 2 heterocycles. The molecule has 1 amide bonds. The smallest absolute Gasteiger partial charge is 0.247 e. The molecule has 1 N–H and O–H groups in total. The zero-order chi connectivity index (χ0) is 13.3. The molecule has 6 heteroatoms. The summed E-state index contributed by atoms with van der Waals surface area (Å²) < 4.78 is 1.69. The Bertz CT molecular complexity index is 434. The van der Waals surface area contributed by atoms with Crippen LogP contribution in [0.4, 0.5) is 0 Å². The first kappa shape index (κ1) is 13.0. The van der Waals surface area contributed by atoms with E-state index in [-0.39, 0.29) is 17.5 Å². The Hall–Kier alpha value is -1.43. The Kier molecular flexibility index (Phi) is 3.38. The molecular formula is C12H21N5O. The van der Waals surface area contributed by atoms with E-state index in [1.54, 1.807) is 9.58 Å². The summed E-state index contributed by atoms with van der Waals surface area (Å²) in [6, 6.07) is -0.175. The van der Waals surface area contributed by atoms with Gasteiger partial charge in [-0.15, -0.1) is 5.10 Å². The summed E-state index contributed by atoms with van der Waals surface area (Å²) >= 11 is 0. The van der Waals surface area contributed by atoms with Crippen LogP contribution in [0, 0.1) is 0 Å². The van der Waals surface area contributed by atoms with Crippen molar-refractivity contribution in [1.82, 2.24) is 25.2 Å². The monoisotopic (exact) mass is 251 g/mol. The van der Waals surface area contributed by atoms with Crippen LogP contribution in [0.1, 0.15) is 38.9 Å². The second kappa shape index (κ2) is 4.68. The highest BCUT2D eigenvalue weighted by Gasteiger charge is 2.31. The molecule has 1 aliphatic heterocycles. The van der Waals surface area contributed by atoms with E-state index in [1.807, 2.05) is 13.2 Å². The molecule has 6 nitrogen and oxygen atoms in total. The summed E-state index contributed by atoms with van der Waals surface area (Å²) in [6.07, 6.45) is 2.67. The van der Waals surface area contributed by atoms with Gasteiger partial charge in [0, 0.05) is 25.7 Å². The van der Waals surface area contributed by atoms with Gasteiger partial charge in [0.15, 0.2) is 0 Å². The Morgan fingerprint density at radius 2 is 2.22 bits per heavy atom. The topological polar surface area (TPSA) is 63.1 Å².